The van der Waals surface area contributed by atoms with Gasteiger partial charge in [0.15, 0.2) is 0 Å². The second-order valence-electron chi connectivity index (χ2n) is 5.39. The highest BCUT2D eigenvalue weighted by molar-refractivity contribution is 5.31. The molecule has 2 aromatic heterocycles. The van der Waals surface area contributed by atoms with E-state index in [1.807, 2.05) is 31.6 Å². The Balaban J connectivity index is 1.71. The molecule has 0 aliphatic carbocycles. The van der Waals surface area contributed by atoms with Crippen LogP contribution in [0.4, 0.5) is 5.95 Å². The van der Waals surface area contributed by atoms with Crippen LogP contribution in [0.2, 0.25) is 0 Å². The third-order valence-electron chi connectivity index (χ3n) is 3.97. The molecule has 1 atom stereocenters. The highest BCUT2D eigenvalue weighted by Crippen LogP contribution is 2.28. The smallest absolute Gasteiger partial charge is 0.225 e. The van der Waals surface area contributed by atoms with E-state index in [-0.39, 0.29) is 0 Å². The molecule has 0 amide bonds. The molecule has 3 rings (SSSR count). The van der Waals surface area contributed by atoms with E-state index in [4.69, 9.17) is 0 Å². The van der Waals surface area contributed by atoms with Crippen LogP contribution in [-0.4, -0.2) is 28.0 Å². The van der Waals surface area contributed by atoms with Gasteiger partial charge in [-0.1, -0.05) is 0 Å². The average Bonchev–Trinajstić information content (AvgIpc) is 2.74. The van der Waals surface area contributed by atoms with E-state index in [2.05, 4.69) is 32.0 Å². The standard InChI is InChI=1S/C16H20N4/c1-13-4-10-18-16(19-13)20-11-2-3-14(7-12-20)15-5-8-17-9-6-15/h4-6,8-10,14H,2-3,7,11-12H2,1H3. The van der Waals surface area contributed by atoms with Crippen LogP contribution in [0.25, 0.3) is 0 Å². The van der Waals surface area contributed by atoms with Gasteiger partial charge in [-0.15, -0.1) is 0 Å². The van der Waals surface area contributed by atoms with Crippen molar-refractivity contribution in [2.75, 3.05) is 18.0 Å². The van der Waals surface area contributed by atoms with Crippen LogP contribution in [-0.2, 0) is 0 Å². The van der Waals surface area contributed by atoms with Gasteiger partial charge in [0.1, 0.15) is 0 Å². The van der Waals surface area contributed by atoms with Gasteiger partial charge in [0.2, 0.25) is 5.95 Å². The number of hydrogen-bond acceptors (Lipinski definition) is 4. The predicted molar refractivity (Wildman–Crippen MR) is 79.8 cm³/mol. The lowest BCUT2D eigenvalue weighted by molar-refractivity contribution is 0.611. The van der Waals surface area contributed by atoms with Gasteiger partial charge in [-0.2, -0.15) is 0 Å². The molecule has 4 nitrogen and oxygen atoms in total. The Hall–Kier alpha value is -1.97. The summed E-state index contributed by atoms with van der Waals surface area (Å²) >= 11 is 0. The van der Waals surface area contributed by atoms with Gasteiger partial charge in [-0.05, 0) is 55.9 Å². The highest BCUT2D eigenvalue weighted by Gasteiger charge is 2.19. The van der Waals surface area contributed by atoms with Gasteiger partial charge in [0.05, 0.1) is 0 Å². The Morgan fingerprint density at radius 1 is 1.05 bits per heavy atom. The fourth-order valence-corrected chi connectivity index (χ4v) is 2.85. The third-order valence-corrected chi connectivity index (χ3v) is 3.97. The summed E-state index contributed by atoms with van der Waals surface area (Å²) in [7, 11) is 0. The fourth-order valence-electron chi connectivity index (χ4n) is 2.85. The maximum absolute atomic E-state index is 4.54. The lowest BCUT2D eigenvalue weighted by atomic mass is 9.93. The summed E-state index contributed by atoms with van der Waals surface area (Å²) in [5.74, 6) is 1.51. The van der Waals surface area contributed by atoms with E-state index in [0.29, 0.717) is 5.92 Å². The van der Waals surface area contributed by atoms with E-state index in [0.717, 1.165) is 31.2 Å². The second-order valence-corrected chi connectivity index (χ2v) is 5.39. The molecule has 0 aromatic carbocycles. The van der Waals surface area contributed by atoms with Gasteiger partial charge in [0.25, 0.3) is 0 Å². The number of aryl methyl sites for hydroxylation is 1. The molecule has 0 bridgehead atoms. The third kappa shape index (κ3) is 2.95. The van der Waals surface area contributed by atoms with Gasteiger partial charge < -0.3 is 4.90 Å². The van der Waals surface area contributed by atoms with Crippen LogP contribution in [0.3, 0.4) is 0 Å². The van der Waals surface area contributed by atoms with Crippen LogP contribution < -0.4 is 4.90 Å². The number of anilines is 1. The first kappa shape index (κ1) is 13.0. The Kier molecular flexibility index (Phi) is 3.90. The lowest BCUT2D eigenvalue weighted by Gasteiger charge is -2.20. The van der Waals surface area contributed by atoms with Crippen molar-refractivity contribution in [1.29, 1.82) is 0 Å². The van der Waals surface area contributed by atoms with Gasteiger partial charge in [0, 0.05) is 37.4 Å². The minimum absolute atomic E-state index is 0.632. The number of pyridine rings is 1. The molecular weight excluding hydrogens is 248 g/mol. The molecule has 1 fully saturated rings. The molecule has 0 radical (unpaired) electrons. The molecule has 104 valence electrons. The lowest BCUT2D eigenvalue weighted by Crippen LogP contribution is -2.26. The zero-order valence-corrected chi connectivity index (χ0v) is 11.9. The summed E-state index contributed by atoms with van der Waals surface area (Å²) in [5, 5.41) is 0. The van der Waals surface area contributed by atoms with Crippen molar-refractivity contribution in [3.8, 4) is 0 Å². The Bertz CT molecular complexity index is 555. The van der Waals surface area contributed by atoms with Crippen LogP contribution in [0.1, 0.15) is 36.4 Å². The Morgan fingerprint density at radius 2 is 1.90 bits per heavy atom. The highest BCUT2D eigenvalue weighted by atomic mass is 15.2. The van der Waals surface area contributed by atoms with Crippen molar-refractivity contribution in [3.05, 3.63) is 48.0 Å². The zero-order chi connectivity index (χ0) is 13.8. The minimum atomic E-state index is 0.632. The Labute approximate surface area is 119 Å². The van der Waals surface area contributed by atoms with E-state index < -0.39 is 0 Å². The predicted octanol–water partition coefficient (Wildman–Crippen LogP) is 2.95. The molecular formula is C16H20N4. The van der Waals surface area contributed by atoms with E-state index in [1.165, 1.54) is 18.4 Å². The zero-order valence-electron chi connectivity index (χ0n) is 11.9. The topological polar surface area (TPSA) is 41.9 Å². The summed E-state index contributed by atoms with van der Waals surface area (Å²) in [5.41, 5.74) is 2.44. The van der Waals surface area contributed by atoms with Crippen molar-refractivity contribution in [2.24, 2.45) is 0 Å². The van der Waals surface area contributed by atoms with Crippen LogP contribution >= 0.6 is 0 Å². The molecule has 2 aromatic rings. The molecule has 1 aliphatic heterocycles. The number of hydrogen-bond donors (Lipinski definition) is 0. The first-order chi connectivity index (χ1) is 9.83. The summed E-state index contributed by atoms with van der Waals surface area (Å²) in [4.78, 5) is 15.4. The molecule has 3 heterocycles. The van der Waals surface area contributed by atoms with Crippen molar-refractivity contribution < 1.29 is 0 Å². The van der Waals surface area contributed by atoms with Crippen molar-refractivity contribution in [1.82, 2.24) is 15.0 Å². The van der Waals surface area contributed by atoms with Crippen molar-refractivity contribution in [2.45, 2.75) is 32.1 Å². The van der Waals surface area contributed by atoms with Crippen molar-refractivity contribution >= 4 is 5.95 Å². The van der Waals surface area contributed by atoms with Crippen LogP contribution in [0.15, 0.2) is 36.8 Å². The first-order valence-corrected chi connectivity index (χ1v) is 7.27. The van der Waals surface area contributed by atoms with Gasteiger partial charge >= 0.3 is 0 Å². The molecule has 0 saturated carbocycles. The molecule has 0 spiro atoms. The molecule has 0 N–H and O–H groups in total. The van der Waals surface area contributed by atoms with E-state index >= 15 is 0 Å². The van der Waals surface area contributed by atoms with Gasteiger partial charge in [-0.25, -0.2) is 9.97 Å². The maximum Gasteiger partial charge on any atom is 0.225 e. The maximum atomic E-state index is 4.54. The normalized spacial score (nSPS) is 19.6. The van der Waals surface area contributed by atoms with Crippen LogP contribution in [0, 0.1) is 6.92 Å². The molecule has 1 aliphatic rings. The second kappa shape index (κ2) is 5.99. The Morgan fingerprint density at radius 3 is 2.70 bits per heavy atom. The summed E-state index contributed by atoms with van der Waals surface area (Å²) in [6.07, 6.45) is 9.20. The van der Waals surface area contributed by atoms with Gasteiger partial charge in [-0.3, -0.25) is 4.98 Å². The van der Waals surface area contributed by atoms with Crippen LogP contribution in [0.5, 0.6) is 0 Å². The number of nitrogens with zero attached hydrogens (tertiary/aromatic N) is 4. The first-order valence-electron chi connectivity index (χ1n) is 7.27. The van der Waals surface area contributed by atoms with Crippen molar-refractivity contribution in [3.63, 3.8) is 0 Å². The minimum Gasteiger partial charge on any atom is -0.341 e. The largest absolute Gasteiger partial charge is 0.341 e. The fraction of sp³-hybridized carbons (Fsp3) is 0.438. The van der Waals surface area contributed by atoms with E-state index in [9.17, 15) is 0 Å². The summed E-state index contributed by atoms with van der Waals surface area (Å²) in [6, 6.07) is 6.23. The monoisotopic (exact) mass is 268 g/mol. The average molecular weight is 268 g/mol. The summed E-state index contributed by atoms with van der Waals surface area (Å²) in [6.45, 7) is 4.09. The van der Waals surface area contributed by atoms with E-state index in [1.54, 1.807) is 0 Å². The number of aromatic nitrogens is 3. The molecule has 20 heavy (non-hydrogen) atoms. The molecule has 1 saturated heterocycles. The number of rotatable bonds is 2. The molecule has 4 heteroatoms. The molecule has 1 unspecified atom stereocenters. The summed E-state index contributed by atoms with van der Waals surface area (Å²) < 4.78 is 0. The quantitative estimate of drug-likeness (QED) is 0.839. The SMILES string of the molecule is Cc1ccnc(N2CCCC(c3ccncc3)CC2)n1.